The number of nitrogen functional groups attached to an aromatic ring is 1. The minimum atomic E-state index is -0.274. The lowest BCUT2D eigenvalue weighted by atomic mass is 10.2. The Morgan fingerprint density at radius 1 is 1.44 bits per heavy atom. The lowest BCUT2D eigenvalue weighted by Crippen LogP contribution is -2.28. The highest BCUT2D eigenvalue weighted by Gasteiger charge is 2.16. The lowest BCUT2D eigenvalue weighted by Gasteiger charge is -2.13. The minimum absolute atomic E-state index is 0.100. The summed E-state index contributed by atoms with van der Waals surface area (Å²) in [7, 11) is 0. The van der Waals surface area contributed by atoms with Crippen molar-refractivity contribution in [2.24, 2.45) is 0 Å². The molecule has 6 nitrogen and oxygen atoms in total. The molecule has 0 aliphatic carbocycles. The Hall–Kier alpha value is -2.02. The van der Waals surface area contributed by atoms with Gasteiger partial charge in [-0.25, -0.2) is 15.0 Å². The van der Waals surface area contributed by atoms with Gasteiger partial charge >= 0.3 is 0 Å². The second-order valence-corrected chi connectivity index (χ2v) is 4.56. The number of amides is 1. The van der Waals surface area contributed by atoms with Gasteiger partial charge in [0, 0.05) is 11.6 Å². The molecular formula is C11H13N5OS. The van der Waals surface area contributed by atoms with E-state index in [0.717, 1.165) is 11.4 Å². The largest absolute Gasteiger partial charge is 0.382 e. The normalized spacial score (nSPS) is 12.1. The van der Waals surface area contributed by atoms with Crippen LogP contribution in [0.2, 0.25) is 0 Å². The predicted molar refractivity (Wildman–Crippen MR) is 69.1 cm³/mol. The van der Waals surface area contributed by atoms with Gasteiger partial charge in [-0.1, -0.05) is 6.92 Å². The molecule has 0 fully saturated rings. The third-order valence-electron chi connectivity index (χ3n) is 2.37. The van der Waals surface area contributed by atoms with E-state index in [-0.39, 0.29) is 17.6 Å². The van der Waals surface area contributed by atoms with Gasteiger partial charge < -0.3 is 11.1 Å². The van der Waals surface area contributed by atoms with E-state index in [1.807, 2.05) is 12.3 Å². The first-order valence-corrected chi connectivity index (χ1v) is 6.36. The van der Waals surface area contributed by atoms with E-state index >= 15 is 0 Å². The molecule has 7 heteroatoms. The fourth-order valence-corrected chi connectivity index (χ4v) is 2.21. The van der Waals surface area contributed by atoms with Crippen LogP contribution in [0.1, 0.15) is 34.9 Å². The number of rotatable bonds is 4. The van der Waals surface area contributed by atoms with Crippen LogP contribution in [-0.2, 0) is 0 Å². The van der Waals surface area contributed by atoms with Crippen LogP contribution in [0, 0.1) is 0 Å². The van der Waals surface area contributed by atoms with Crippen LogP contribution >= 0.6 is 11.3 Å². The van der Waals surface area contributed by atoms with Crippen LogP contribution in [0.3, 0.4) is 0 Å². The van der Waals surface area contributed by atoms with Gasteiger partial charge in [0.05, 0.1) is 18.4 Å². The number of anilines is 1. The molecule has 2 aromatic heterocycles. The van der Waals surface area contributed by atoms with Crippen molar-refractivity contribution in [1.82, 2.24) is 20.3 Å². The van der Waals surface area contributed by atoms with Crippen LogP contribution in [0.15, 0.2) is 24.0 Å². The molecule has 94 valence electrons. The minimum Gasteiger partial charge on any atom is -0.382 e. The van der Waals surface area contributed by atoms with Gasteiger partial charge in [-0.05, 0) is 6.42 Å². The van der Waals surface area contributed by atoms with E-state index in [1.165, 1.54) is 23.7 Å². The summed E-state index contributed by atoms with van der Waals surface area (Å²) in [6, 6.07) is -0.100. The number of nitrogens with one attached hydrogen (secondary N) is 1. The van der Waals surface area contributed by atoms with E-state index in [0.29, 0.717) is 5.82 Å². The van der Waals surface area contributed by atoms with E-state index in [2.05, 4.69) is 20.3 Å². The van der Waals surface area contributed by atoms with E-state index in [9.17, 15) is 4.79 Å². The molecule has 1 amide bonds. The monoisotopic (exact) mass is 263 g/mol. The van der Waals surface area contributed by atoms with Crippen molar-refractivity contribution in [3.05, 3.63) is 34.7 Å². The Labute approximate surface area is 108 Å². The molecule has 0 saturated carbocycles. The summed E-state index contributed by atoms with van der Waals surface area (Å²) in [6.07, 6.45) is 5.21. The van der Waals surface area contributed by atoms with Crippen molar-refractivity contribution in [2.75, 3.05) is 5.73 Å². The van der Waals surface area contributed by atoms with Gasteiger partial charge in [-0.2, -0.15) is 0 Å². The summed E-state index contributed by atoms with van der Waals surface area (Å²) in [4.78, 5) is 23.9. The predicted octanol–water partition coefficient (Wildman–Crippen LogP) is 1.40. The third kappa shape index (κ3) is 2.80. The molecule has 2 aromatic rings. The summed E-state index contributed by atoms with van der Waals surface area (Å²) in [5.74, 6) is 0.0167. The van der Waals surface area contributed by atoms with Crippen LogP contribution in [0.5, 0.6) is 0 Å². The first-order chi connectivity index (χ1) is 8.70. The highest BCUT2D eigenvalue weighted by Crippen LogP contribution is 2.18. The van der Waals surface area contributed by atoms with Crippen molar-refractivity contribution in [2.45, 2.75) is 19.4 Å². The molecule has 0 radical (unpaired) electrons. The van der Waals surface area contributed by atoms with Gasteiger partial charge in [-0.3, -0.25) is 4.79 Å². The number of thiazole rings is 1. The topological polar surface area (TPSA) is 93.8 Å². The highest BCUT2D eigenvalue weighted by molar-refractivity contribution is 7.09. The molecular weight excluding hydrogens is 250 g/mol. The number of carbonyl (C=O) groups is 1. The Morgan fingerprint density at radius 2 is 2.28 bits per heavy atom. The zero-order chi connectivity index (χ0) is 13.0. The van der Waals surface area contributed by atoms with Crippen LogP contribution < -0.4 is 11.1 Å². The van der Waals surface area contributed by atoms with Crippen LogP contribution in [0.25, 0.3) is 0 Å². The van der Waals surface area contributed by atoms with E-state index < -0.39 is 0 Å². The third-order valence-corrected chi connectivity index (χ3v) is 3.26. The Bertz CT molecular complexity index is 511. The standard InChI is InChI=1S/C11H13N5OS/c1-2-7(11-13-3-4-18-11)16-10(17)8-5-15-9(12)6-14-8/h3-7H,2H2,1H3,(H2,12,15)(H,16,17). The quantitative estimate of drug-likeness (QED) is 0.869. The molecule has 0 bridgehead atoms. The second-order valence-electron chi connectivity index (χ2n) is 3.63. The molecule has 2 heterocycles. The average molecular weight is 263 g/mol. The first kappa shape index (κ1) is 12.4. The van der Waals surface area contributed by atoms with Crippen molar-refractivity contribution in [1.29, 1.82) is 0 Å². The molecule has 0 aliphatic heterocycles. The maximum Gasteiger partial charge on any atom is 0.272 e. The Kier molecular flexibility index (Phi) is 3.83. The fourth-order valence-electron chi connectivity index (χ4n) is 1.43. The average Bonchev–Trinajstić information content (AvgIpc) is 2.90. The summed E-state index contributed by atoms with van der Waals surface area (Å²) in [5, 5.41) is 5.64. The summed E-state index contributed by atoms with van der Waals surface area (Å²) in [6.45, 7) is 1.99. The number of nitrogens with zero attached hydrogens (tertiary/aromatic N) is 3. The molecule has 1 unspecified atom stereocenters. The summed E-state index contributed by atoms with van der Waals surface area (Å²) < 4.78 is 0. The molecule has 2 rings (SSSR count). The van der Waals surface area contributed by atoms with Crippen LogP contribution in [-0.4, -0.2) is 20.9 Å². The SMILES string of the molecule is CCC(NC(=O)c1cnc(N)cn1)c1nccs1. The molecule has 0 aromatic carbocycles. The zero-order valence-electron chi connectivity index (χ0n) is 9.83. The maximum absolute atomic E-state index is 11.9. The van der Waals surface area contributed by atoms with Gasteiger partial charge in [0.15, 0.2) is 0 Å². The second kappa shape index (κ2) is 5.54. The molecule has 18 heavy (non-hydrogen) atoms. The number of hydrogen-bond acceptors (Lipinski definition) is 6. The lowest BCUT2D eigenvalue weighted by molar-refractivity contribution is 0.0930. The molecule has 1 atom stereocenters. The highest BCUT2D eigenvalue weighted by atomic mass is 32.1. The van der Waals surface area contributed by atoms with Gasteiger partial charge in [-0.15, -0.1) is 11.3 Å². The molecule has 3 N–H and O–H groups in total. The maximum atomic E-state index is 11.9. The van der Waals surface area contributed by atoms with Crippen molar-refractivity contribution >= 4 is 23.1 Å². The number of aromatic nitrogens is 3. The van der Waals surface area contributed by atoms with E-state index in [1.54, 1.807) is 6.20 Å². The van der Waals surface area contributed by atoms with Gasteiger partial charge in [0.25, 0.3) is 5.91 Å². The van der Waals surface area contributed by atoms with E-state index in [4.69, 9.17) is 5.73 Å². The summed E-state index contributed by atoms with van der Waals surface area (Å²) in [5.41, 5.74) is 5.67. The van der Waals surface area contributed by atoms with Crippen LogP contribution in [0.4, 0.5) is 5.82 Å². The van der Waals surface area contributed by atoms with Gasteiger partial charge in [0.2, 0.25) is 0 Å². The van der Waals surface area contributed by atoms with Gasteiger partial charge in [0.1, 0.15) is 16.5 Å². The first-order valence-electron chi connectivity index (χ1n) is 5.48. The van der Waals surface area contributed by atoms with Crippen molar-refractivity contribution < 1.29 is 4.79 Å². The Morgan fingerprint density at radius 3 is 2.83 bits per heavy atom. The Balaban J connectivity index is 2.08. The number of nitrogens with two attached hydrogens (primary N) is 1. The molecule has 0 aliphatic rings. The molecule has 0 spiro atoms. The van der Waals surface area contributed by atoms with Crippen molar-refractivity contribution in [3.63, 3.8) is 0 Å². The number of hydrogen-bond donors (Lipinski definition) is 2. The summed E-state index contributed by atoms with van der Waals surface area (Å²) >= 11 is 1.51. The van der Waals surface area contributed by atoms with Crippen molar-refractivity contribution in [3.8, 4) is 0 Å². The molecule has 0 saturated heterocycles. The fraction of sp³-hybridized carbons (Fsp3) is 0.273. The zero-order valence-corrected chi connectivity index (χ0v) is 10.6. The number of carbonyl (C=O) groups excluding carboxylic acids is 1. The smallest absolute Gasteiger partial charge is 0.272 e.